The molecule has 0 bridgehead atoms. The maximum absolute atomic E-state index is 3.40. The van der Waals surface area contributed by atoms with Gasteiger partial charge in [-0.15, -0.1) is 0 Å². The van der Waals surface area contributed by atoms with Gasteiger partial charge in [0.1, 0.15) is 0 Å². The second-order valence-electron chi connectivity index (χ2n) is 4.28. The van der Waals surface area contributed by atoms with Gasteiger partial charge in [0.15, 0.2) is 0 Å². The zero-order valence-corrected chi connectivity index (χ0v) is 11.3. The summed E-state index contributed by atoms with van der Waals surface area (Å²) in [5, 5.41) is 16.9. The molecule has 0 amide bonds. The fourth-order valence-corrected chi connectivity index (χ4v) is 1.66. The van der Waals surface area contributed by atoms with Crippen LogP contribution in [-0.4, -0.2) is 72.1 Å². The van der Waals surface area contributed by atoms with Gasteiger partial charge in [-0.2, -0.15) is 0 Å². The molecule has 108 valence electrons. The average Bonchev–Trinajstić information content (AvgIpc) is 2.39. The van der Waals surface area contributed by atoms with Crippen molar-refractivity contribution in [3.05, 3.63) is 0 Å². The molecule has 0 aromatic rings. The topological polar surface area (TPSA) is 84.2 Å². The van der Waals surface area contributed by atoms with Gasteiger partial charge in [0, 0.05) is 65.4 Å². The summed E-state index contributed by atoms with van der Waals surface area (Å²) >= 11 is 0. The molecule has 0 radical (unpaired) electrons. The molecule has 0 aromatic heterocycles. The quantitative estimate of drug-likeness (QED) is 0.250. The van der Waals surface area contributed by atoms with Crippen LogP contribution in [0, 0.1) is 0 Å². The summed E-state index contributed by atoms with van der Waals surface area (Å²) in [6.07, 6.45) is 0. The van der Waals surface area contributed by atoms with Crippen LogP contribution in [0.5, 0.6) is 0 Å². The molecule has 7 nitrogen and oxygen atoms in total. The van der Waals surface area contributed by atoms with Crippen LogP contribution in [0.4, 0.5) is 0 Å². The first-order chi connectivity index (χ1) is 9.00. The Kier molecular flexibility index (Phi) is 11.5. The standard InChI is InChI=1S/C11H29N7/c1-2-13-5-6-15-9-10-17-18-11-16-8-7-14-4-3-12-1/h12-18H,1-11H2. The van der Waals surface area contributed by atoms with Crippen molar-refractivity contribution in [2.45, 2.75) is 0 Å². The zero-order valence-electron chi connectivity index (χ0n) is 11.3. The van der Waals surface area contributed by atoms with Gasteiger partial charge in [0.05, 0.1) is 6.67 Å². The van der Waals surface area contributed by atoms with E-state index >= 15 is 0 Å². The van der Waals surface area contributed by atoms with Gasteiger partial charge >= 0.3 is 0 Å². The summed E-state index contributed by atoms with van der Waals surface area (Å²) in [5.41, 5.74) is 6.30. The molecular formula is C11H29N7. The highest BCUT2D eigenvalue weighted by Crippen LogP contribution is 1.64. The molecule has 0 atom stereocenters. The van der Waals surface area contributed by atoms with Crippen LogP contribution in [-0.2, 0) is 0 Å². The van der Waals surface area contributed by atoms with E-state index in [4.69, 9.17) is 0 Å². The molecule has 1 saturated heterocycles. The van der Waals surface area contributed by atoms with Crippen molar-refractivity contribution in [1.82, 2.24) is 37.4 Å². The minimum Gasteiger partial charge on any atom is -0.314 e. The summed E-state index contributed by atoms with van der Waals surface area (Å²) in [6.45, 7) is 10.8. The Morgan fingerprint density at radius 3 is 1.22 bits per heavy atom. The lowest BCUT2D eigenvalue weighted by atomic mass is 10.5. The predicted molar refractivity (Wildman–Crippen MR) is 75.5 cm³/mol. The first-order valence-electron chi connectivity index (χ1n) is 6.99. The summed E-state index contributed by atoms with van der Waals surface area (Å²) in [7, 11) is 0. The highest BCUT2D eigenvalue weighted by molar-refractivity contribution is 4.58. The monoisotopic (exact) mass is 259 g/mol. The SMILES string of the molecule is C1CNCCNCCNNCNCCNCCN1. The molecule has 18 heavy (non-hydrogen) atoms. The number of rotatable bonds is 0. The number of nitrogens with one attached hydrogen (secondary N) is 7. The van der Waals surface area contributed by atoms with E-state index in [1.807, 2.05) is 0 Å². The number of hydrazine groups is 1. The van der Waals surface area contributed by atoms with E-state index < -0.39 is 0 Å². The fourth-order valence-electron chi connectivity index (χ4n) is 1.66. The largest absolute Gasteiger partial charge is 0.314 e. The average molecular weight is 259 g/mol. The molecule has 1 aliphatic rings. The molecule has 7 N–H and O–H groups in total. The fraction of sp³-hybridized carbons (Fsp3) is 1.00. The van der Waals surface area contributed by atoms with Gasteiger partial charge < -0.3 is 26.6 Å². The van der Waals surface area contributed by atoms with Crippen molar-refractivity contribution < 1.29 is 0 Å². The van der Waals surface area contributed by atoms with Crippen LogP contribution in [0.25, 0.3) is 0 Å². The predicted octanol–water partition coefficient (Wildman–Crippen LogP) is -3.00. The van der Waals surface area contributed by atoms with E-state index in [9.17, 15) is 0 Å². The molecule has 0 aliphatic carbocycles. The van der Waals surface area contributed by atoms with Gasteiger partial charge in [-0.05, 0) is 0 Å². The zero-order chi connectivity index (χ0) is 12.7. The van der Waals surface area contributed by atoms with Crippen molar-refractivity contribution >= 4 is 0 Å². The van der Waals surface area contributed by atoms with Crippen LogP contribution in [0.3, 0.4) is 0 Å². The minimum absolute atomic E-state index is 0.793. The molecule has 7 heteroatoms. The number of hydrogen-bond acceptors (Lipinski definition) is 7. The Balaban J connectivity index is 2.00. The first kappa shape index (κ1) is 15.8. The Hall–Kier alpha value is -0.280. The molecule has 1 aliphatic heterocycles. The van der Waals surface area contributed by atoms with E-state index in [1.54, 1.807) is 0 Å². The Morgan fingerprint density at radius 1 is 0.333 bits per heavy atom. The van der Waals surface area contributed by atoms with Crippen LogP contribution in [0.15, 0.2) is 0 Å². The minimum atomic E-state index is 0.793. The second-order valence-corrected chi connectivity index (χ2v) is 4.28. The van der Waals surface area contributed by atoms with Gasteiger partial charge in [-0.3, -0.25) is 5.43 Å². The Morgan fingerprint density at radius 2 is 0.722 bits per heavy atom. The third kappa shape index (κ3) is 10.8. The maximum atomic E-state index is 3.40. The summed E-state index contributed by atoms with van der Waals surface area (Å²) in [6, 6.07) is 0. The molecule has 0 aromatic carbocycles. The smallest absolute Gasteiger partial charge is 0.0590 e. The molecule has 0 spiro atoms. The van der Waals surface area contributed by atoms with E-state index in [0.29, 0.717) is 0 Å². The molecular weight excluding hydrogens is 230 g/mol. The van der Waals surface area contributed by atoms with E-state index in [1.165, 1.54) is 0 Å². The van der Waals surface area contributed by atoms with Crippen molar-refractivity contribution in [1.29, 1.82) is 0 Å². The molecule has 0 saturated carbocycles. The lowest BCUT2D eigenvalue weighted by Gasteiger charge is -2.11. The summed E-state index contributed by atoms with van der Waals surface area (Å²) < 4.78 is 0. The van der Waals surface area contributed by atoms with Crippen LogP contribution >= 0.6 is 0 Å². The Bertz CT molecular complexity index is 92.4. The highest BCUT2D eigenvalue weighted by Gasteiger charge is 1.92. The molecule has 0 unspecified atom stereocenters. The van der Waals surface area contributed by atoms with E-state index in [2.05, 4.69) is 37.4 Å². The molecule has 1 rings (SSSR count). The van der Waals surface area contributed by atoms with Gasteiger partial charge in [0.2, 0.25) is 0 Å². The van der Waals surface area contributed by atoms with E-state index in [-0.39, 0.29) is 0 Å². The van der Waals surface area contributed by atoms with Gasteiger partial charge in [0.25, 0.3) is 0 Å². The van der Waals surface area contributed by atoms with Crippen molar-refractivity contribution in [2.24, 2.45) is 0 Å². The third-order valence-electron chi connectivity index (χ3n) is 2.68. The van der Waals surface area contributed by atoms with Crippen molar-refractivity contribution in [3.8, 4) is 0 Å². The van der Waals surface area contributed by atoms with Crippen LogP contribution < -0.4 is 37.4 Å². The lowest BCUT2D eigenvalue weighted by molar-refractivity contribution is 0.468. The van der Waals surface area contributed by atoms with Crippen LogP contribution in [0.1, 0.15) is 0 Å². The van der Waals surface area contributed by atoms with E-state index in [0.717, 1.165) is 72.1 Å². The Labute approximate surface area is 110 Å². The first-order valence-corrected chi connectivity index (χ1v) is 6.99. The van der Waals surface area contributed by atoms with Crippen LogP contribution in [0.2, 0.25) is 0 Å². The van der Waals surface area contributed by atoms with Crippen molar-refractivity contribution in [2.75, 3.05) is 72.1 Å². The van der Waals surface area contributed by atoms with Crippen molar-refractivity contribution in [3.63, 3.8) is 0 Å². The summed E-state index contributed by atoms with van der Waals surface area (Å²) in [5.74, 6) is 0. The lowest BCUT2D eigenvalue weighted by Crippen LogP contribution is -2.44. The summed E-state index contributed by atoms with van der Waals surface area (Å²) in [4.78, 5) is 0. The third-order valence-corrected chi connectivity index (χ3v) is 2.68. The molecule has 1 heterocycles. The van der Waals surface area contributed by atoms with Gasteiger partial charge in [-0.25, -0.2) is 5.43 Å². The molecule has 1 fully saturated rings. The van der Waals surface area contributed by atoms with Gasteiger partial charge in [-0.1, -0.05) is 0 Å². The number of hydrogen-bond donors (Lipinski definition) is 7. The maximum Gasteiger partial charge on any atom is 0.0590 e. The highest BCUT2D eigenvalue weighted by atomic mass is 15.4. The normalized spacial score (nSPS) is 24.0. The second kappa shape index (κ2) is 13.2.